The number of aliphatic carboxylic acids is 1. The first-order valence-corrected chi connectivity index (χ1v) is 4.59. The summed E-state index contributed by atoms with van der Waals surface area (Å²) in [6.07, 6.45) is 2.81. The molecule has 1 aromatic rings. The summed E-state index contributed by atoms with van der Waals surface area (Å²) in [5, 5.41) is 8.99. The fraction of sp³-hybridized carbons (Fsp3) is 0.364. The topological polar surface area (TPSA) is 37.3 Å². The van der Waals surface area contributed by atoms with Crippen molar-refractivity contribution in [2.45, 2.75) is 25.2 Å². The molecule has 2 heteroatoms. The Hall–Kier alpha value is -1.31. The van der Waals surface area contributed by atoms with Crippen LogP contribution in [0.4, 0.5) is 0 Å². The molecular formula is C11H12O2. The van der Waals surface area contributed by atoms with Gasteiger partial charge in [-0.2, -0.15) is 0 Å². The number of carbonyl (C=O) groups is 1. The van der Waals surface area contributed by atoms with Crippen LogP contribution in [0.25, 0.3) is 0 Å². The quantitative estimate of drug-likeness (QED) is 0.712. The van der Waals surface area contributed by atoms with E-state index in [1.54, 1.807) is 0 Å². The molecule has 1 unspecified atom stereocenters. The number of hydrogen-bond acceptors (Lipinski definition) is 1. The molecule has 0 bridgehead atoms. The second-order valence-corrected chi connectivity index (χ2v) is 3.48. The summed E-state index contributed by atoms with van der Waals surface area (Å²) in [6.45, 7) is 0. The normalized spacial score (nSPS) is 20.8. The minimum atomic E-state index is -0.688. The minimum Gasteiger partial charge on any atom is -0.481 e. The third kappa shape index (κ3) is 1.44. The molecule has 68 valence electrons. The molecule has 0 amide bonds. The van der Waals surface area contributed by atoms with Crippen molar-refractivity contribution in [3.63, 3.8) is 0 Å². The molecule has 0 saturated carbocycles. The zero-order valence-electron chi connectivity index (χ0n) is 7.36. The number of aryl methyl sites for hydroxylation is 1. The lowest BCUT2D eigenvalue weighted by molar-refractivity contribution is -0.139. The van der Waals surface area contributed by atoms with Gasteiger partial charge in [0.25, 0.3) is 0 Å². The van der Waals surface area contributed by atoms with Crippen LogP contribution in [0.5, 0.6) is 0 Å². The Kier molecular flexibility index (Phi) is 2.05. The lowest BCUT2D eigenvalue weighted by Crippen LogP contribution is -2.17. The molecular weight excluding hydrogens is 164 g/mol. The highest BCUT2D eigenvalue weighted by Crippen LogP contribution is 2.31. The largest absolute Gasteiger partial charge is 0.481 e. The van der Waals surface area contributed by atoms with Crippen molar-refractivity contribution in [1.29, 1.82) is 0 Å². The molecule has 0 aromatic heterocycles. The number of rotatable bonds is 1. The van der Waals surface area contributed by atoms with E-state index >= 15 is 0 Å². The van der Waals surface area contributed by atoms with Gasteiger partial charge in [-0.15, -0.1) is 0 Å². The van der Waals surface area contributed by atoms with E-state index < -0.39 is 5.97 Å². The van der Waals surface area contributed by atoms with Gasteiger partial charge in [-0.25, -0.2) is 0 Å². The third-order valence-corrected chi connectivity index (χ3v) is 2.67. The van der Waals surface area contributed by atoms with E-state index in [1.807, 2.05) is 24.3 Å². The predicted octanol–water partition coefficient (Wildman–Crippen LogP) is 2.19. The van der Waals surface area contributed by atoms with Crippen LogP contribution in [0.3, 0.4) is 0 Å². The van der Waals surface area contributed by atoms with Crippen LogP contribution in [0.2, 0.25) is 0 Å². The molecule has 2 rings (SSSR count). The Morgan fingerprint density at radius 2 is 2.15 bits per heavy atom. The average molecular weight is 176 g/mol. The summed E-state index contributed by atoms with van der Waals surface area (Å²) in [4.78, 5) is 10.9. The summed E-state index contributed by atoms with van der Waals surface area (Å²) >= 11 is 0. The first-order chi connectivity index (χ1) is 6.29. The zero-order chi connectivity index (χ0) is 9.26. The second kappa shape index (κ2) is 3.21. The molecule has 0 spiro atoms. The van der Waals surface area contributed by atoms with E-state index in [2.05, 4.69) is 0 Å². The SMILES string of the molecule is O=C(O)C1CCCc2ccccc21. The van der Waals surface area contributed by atoms with Crippen molar-refractivity contribution >= 4 is 5.97 Å². The van der Waals surface area contributed by atoms with Crippen molar-refractivity contribution in [2.24, 2.45) is 0 Å². The van der Waals surface area contributed by atoms with Crippen LogP contribution in [0.15, 0.2) is 24.3 Å². The van der Waals surface area contributed by atoms with Gasteiger partial charge in [0.2, 0.25) is 0 Å². The van der Waals surface area contributed by atoms with Crippen molar-refractivity contribution in [1.82, 2.24) is 0 Å². The van der Waals surface area contributed by atoms with Gasteiger partial charge in [0.1, 0.15) is 0 Å². The highest BCUT2D eigenvalue weighted by molar-refractivity contribution is 5.77. The molecule has 1 N–H and O–H groups in total. The fourth-order valence-corrected chi connectivity index (χ4v) is 2.01. The molecule has 0 fully saturated rings. The number of hydrogen-bond donors (Lipinski definition) is 1. The Bertz CT molecular complexity index is 331. The van der Waals surface area contributed by atoms with Gasteiger partial charge in [0.05, 0.1) is 5.92 Å². The highest BCUT2D eigenvalue weighted by atomic mass is 16.4. The molecule has 1 aliphatic carbocycles. The molecule has 0 aliphatic heterocycles. The van der Waals surface area contributed by atoms with E-state index in [9.17, 15) is 4.79 Å². The zero-order valence-corrected chi connectivity index (χ0v) is 7.36. The molecule has 2 nitrogen and oxygen atoms in total. The summed E-state index contributed by atoms with van der Waals surface area (Å²) in [5.74, 6) is -0.961. The molecule has 0 heterocycles. The van der Waals surface area contributed by atoms with Gasteiger partial charge in [0, 0.05) is 0 Å². The van der Waals surface area contributed by atoms with Crippen LogP contribution in [-0.4, -0.2) is 11.1 Å². The Labute approximate surface area is 77.2 Å². The lowest BCUT2D eigenvalue weighted by atomic mass is 9.83. The summed E-state index contributed by atoms with van der Waals surface area (Å²) in [7, 11) is 0. The number of carboxylic acid groups (broad SMARTS) is 1. The predicted molar refractivity (Wildman–Crippen MR) is 49.8 cm³/mol. The van der Waals surface area contributed by atoms with Gasteiger partial charge in [-0.3, -0.25) is 4.79 Å². The van der Waals surface area contributed by atoms with Crippen LogP contribution < -0.4 is 0 Å². The first kappa shape index (κ1) is 8.30. The fourth-order valence-electron chi connectivity index (χ4n) is 2.01. The molecule has 1 aromatic carbocycles. The Balaban J connectivity index is 2.42. The number of fused-ring (bicyclic) bond motifs is 1. The van der Waals surface area contributed by atoms with Gasteiger partial charge < -0.3 is 5.11 Å². The monoisotopic (exact) mass is 176 g/mol. The maximum atomic E-state index is 10.9. The van der Waals surface area contributed by atoms with Crippen LogP contribution >= 0.6 is 0 Å². The standard InChI is InChI=1S/C11H12O2/c12-11(13)10-7-3-5-8-4-1-2-6-9(8)10/h1-2,4,6,10H,3,5,7H2,(H,12,13). The van der Waals surface area contributed by atoms with E-state index in [0.717, 1.165) is 24.8 Å². The first-order valence-electron chi connectivity index (χ1n) is 4.59. The molecule has 0 saturated heterocycles. The van der Waals surface area contributed by atoms with Crippen molar-refractivity contribution in [2.75, 3.05) is 0 Å². The minimum absolute atomic E-state index is 0.273. The van der Waals surface area contributed by atoms with Crippen molar-refractivity contribution in [3.05, 3.63) is 35.4 Å². The number of carboxylic acids is 1. The van der Waals surface area contributed by atoms with E-state index in [4.69, 9.17) is 5.11 Å². The Morgan fingerprint density at radius 1 is 1.38 bits per heavy atom. The maximum absolute atomic E-state index is 10.9. The second-order valence-electron chi connectivity index (χ2n) is 3.48. The van der Waals surface area contributed by atoms with E-state index in [0.29, 0.717) is 0 Å². The molecule has 1 aliphatic rings. The lowest BCUT2D eigenvalue weighted by Gasteiger charge is -2.21. The third-order valence-electron chi connectivity index (χ3n) is 2.67. The smallest absolute Gasteiger partial charge is 0.310 e. The van der Waals surface area contributed by atoms with Gasteiger partial charge in [0.15, 0.2) is 0 Å². The Morgan fingerprint density at radius 3 is 2.92 bits per heavy atom. The average Bonchev–Trinajstić information content (AvgIpc) is 2.17. The molecule has 0 radical (unpaired) electrons. The summed E-state index contributed by atoms with van der Waals surface area (Å²) < 4.78 is 0. The highest BCUT2D eigenvalue weighted by Gasteiger charge is 2.25. The van der Waals surface area contributed by atoms with Gasteiger partial charge in [-0.1, -0.05) is 24.3 Å². The summed E-state index contributed by atoms with van der Waals surface area (Å²) in [5.41, 5.74) is 2.22. The van der Waals surface area contributed by atoms with Gasteiger partial charge in [-0.05, 0) is 30.4 Å². The maximum Gasteiger partial charge on any atom is 0.310 e. The van der Waals surface area contributed by atoms with Crippen LogP contribution in [0.1, 0.15) is 29.9 Å². The summed E-state index contributed by atoms with van der Waals surface area (Å²) in [6, 6.07) is 7.86. The van der Waals surface area contributed by atoms with Crippen LogP contribution in [-0.2, 0) is 11.2 Å². The number of benzene rings is 1. The van der Waals surface area contributed by atoms with Crippen molar-refractivity contribution in [3.8, 4) is 0 Å². The molecule has 1 atom stereocenters. The van der Waals surface area contributed by atoms with E-state index in [-0.39, 0.29) is 5.92 Å². The van der Waals surface area contributed by atoms with E-state index in [1.165, 1.54) is 5.56 Å². The molecule has 13 heavy (non-hydrogen) atoms. The van der Waals surface area contributed by atoms with Gasteiger partial charge >= 0.3 is 5.97 Å². The van der Waals surface area contributed by atoms with Crippen molar-refractivity contribution < 1.29 is 9.90 Å². The van der Waals surface area contributed by atoms with Crippen LogP contribution in [0, 0.1) is 0 Å².